The van der Waals surface area contributed by atoms with Crippen LogP contribution in [0.15, 0.2) is 12.4 Å². The lowest BCUT2D eigenvalue weighted by Crippen LogP contribution is -2.43. The Labute approximate surface area is 107 Å². The molecule has 0 radical (unpaired) electrons. The predicted octanol–water partition coefficient (Wildman–Crippen LogP) is 0.947. The van der Waals surface area contributed by atoms with Gasteiger partial charge in [-0.15, -0.1) is 0 Å². The van der Waals surface area contributed by atoms with E-state index >= 15 is 0 Å². The van der Waals surface area contributed by atoms with Gasteiger partial charge in [-0.05, 0) is 25.2 Å². The summed E-state index contributed by atoms with van der Waals surface area (Å²) in [5, 5.41) is 6.42. The normalized spacial score (nSPS) is 31.0. The van der Waals surface area contributed by atoms with Gasteiger partial charge in [-0.1, -0.05) is 12.8 Å². The molecule has 2 fully saturated rings. The van der Waals surface area contributed by atoms with Gasteiger partial charge in [0.1, 0.15) is 5.82 Å². The van der Waals surface area contributed by atoms with Gasteiger partial charge in [0.15, 0.2) is 0 Å². The van der Waals surface area contributed by atoms with Crippen LogP contribution in [-0.2, 0) is 11.3 Å². The molecule has 1 saturated heterocycles. The fourth-order valence-electron chi connectivity index (χ4n) is 3.21. The molecule has 5 nitrogen and oxygen atoms in total. The van der Waals surface area contributed by atoms with Crippen LogP contribution in [0.5, 0.6) is 0 Å². The molecule has 3 rings (SSSR count). The van der Waals surface area contributed by atoms with Gasteiger partial charge in [-0.25, -0.2) is 4.98 Å². The van der Waals surface area contributed by atoms with Gasteiger partial charge in [-0.2, -0.15) is 0 Å². The molecule has 1 amide bonds. The number of carbonyl (C=O) groups is 1. The van der Waals surface area contributed by atoms with Crippen molar-refractivity contribution in [2.45, 2.75) is 50.7 Å². The summed E-state index contributed by atoms with van der Waals surface area (Å²) < 4.78 is 0. The Morgan fingerprint density at radius 1 is 1.44 bits per heavy atom. The standard InChI is InChI=1S/C13H20N4O/c18-13(16-8-12-14-5-6-15-12)11-7-9-3-1-2-4-10(9)17-11/h5-6,9-11,17H,1-4,7-8H2,(H,14,15)(H,16,18). The van der Waals surface area contributed by atoms with Crippen molar-refractivity contribution in [2.75, 3.05) is 0 Å². The number of H-pyrrole nitrogens is 1. The first-order valence-corrected chi connectivity index (χ1v) is 6.85. The van der Waals surface area contributed by atoms with Crippen molar-refractivity contribution < 1.29 is 4.79 Å². The number of nitrogens with one attached hydrogen (secondary N) is 3. The van der Waals surface area contributed by atoms with E-state index in [1.807, 2.05) is 0 Å². The Morgan fingerprint density at radius 3 is 3.11 bits per heavy atom. The van der Waals surface area contributed by atoms with Crippen molar-refractivity contribution in [1.29, 1.82) is 0 Å². The van der Waals surface area contributed by atoms with Crippen molar-refractivity contribution in [3.8, 4) is 0 Å². The third kappa shape index (κ3) is 2.41. The molecule has 1 aliphatic heterocycles. The fourth-order valence-corrected chi connectivity index (χ4v) is 3.21. The molecule has 98 valence electrons. The number of nitrogens with zero attached hydrogens (tertiary/aromatic N) is 1. The molecule has 1 aliphatic carbocycles. The summed E-state index contributed by atoms with van der Waals surface area (Å²) in [7, 11) is 0. The van der Waals surface area contributed by atoms with Crippen LogP contribution in [0.3, 0.4) is 0 Å². The average molecular weight is 248 g/mol. The van der Waals surface area contributed by atoms with Crippen molar-refractivity contribution in [3.63, 3.8) is 0 Å². The van der Waals surface area contributed by atoms with E-state index in [1.54, 1.807) is 12.4 Å². The molecule has 0 aromatic carbocycles. The van der Waals surface area contributed by atoms with E-state index in [9.17, 15) is 4.79 Å². The fraction of sp³-hybridized carbons (Fsp3) is 0.692. The lowest BCUT2D eigenvalue weighted by atomic mass is 9.85. The highest BCUT2D eigenvalue weighted by molar-refractivity contribution is 5.82. The van der Waals surface area contributed by atoms with Gasteiger partial charge in [0, 0.05) is 18.4 Å². The highest BCUT2D eigenvalue weighted by atomic mass is 16.2. The second kappa shape index (κ2) is 5.10. The predicted molar refractivity (Wildman–Crippen MR) is 67.7 cm³/mol. The lowest BCUT2D eigenvalue weighted by molar-refractivity contribution is -0.123. The summed E-state index contributed by atoms with van der Waals surface area (Å²) in [6, 6.07) is 0.561. The van der Waals surface area contributed by atoms with E-state index in [4.69, 9.17) is 0 Å². The number of aromatic nitrogens is 2. The molecule has 2 aliphatic rings. The molecule has 5 heteroatoms. The molecule has 3 unspecified atom stereocenters. The summed E-state index contributed by atoms with van der Waals surface area (Å²) in [4.78, 5) is 19.2. The van der Waals surface area contributed by atoms with Crippen LogP contribution in [0.4, 0.5) is 0 Å². The Morgan fingerprint density at radius 2 is 2.33 bits per heavy atom. The highest BCUT2D eigenvalue weighted by Gasteiger charge is 2.37. The number of hydrogen-bond donors (Lipinski definition) is 3. The third-order valence-corrected chi connectivity index (χ3v) is 4.16. The van der Waals surface area contributed by atoms with Gasteiger partial charge in [0.05, 0.1) is 12.6 Å². The van der Waals surface area contributed by atoms with Crippen LogP contribution >= 0.6 is 0 Å². The Bertz CT molecular complexity index is 389. The van der Waals surface area contributed by atoms with Gasteiger partial charge in [0.2, 0.25) is 5.91 Å². The first kappa shape index (κ1) is 11.7. The molecule has 0 bridgehead atoms. The van der Waals surface area contributed by atoms with Crippen LogP contribution in [0.2, 0.25) is 0 Å². The second-order valence-electron chi connectivity index (χ2n) is 5.36. The number of rotatable bonds is 3. The van der Waals surface area contributed by atoms with Crippen molar-refractivity contribution in [2.24, 2.45) is 5.92 Å². The van der Waals surface area contributed by atoms with E-state index < -0.39 is 0 Å². The molecule has 1 saturated carbocycles. The summed E-state index contributed by atoms with van der Waals surface area (Å²) in [5.41, 5.74) is 0. The molecule has 1 aromatic heterocycles. The highest BCUT2D eigenvalue weighted by Crippen LogP contribution is 2.33. The van der Waals surface area contributed by atoms with E-state index in [0.29, 0.717) is 18.5 Å². The average Bonchev–Trinajstić information content (AvgIpc) is 3.04. The monoisotopic (exact) mass is 248 g/mol. The minimum atomic E-state index is -0.00642. The van der Waals surface area contributed by atoms with Gasteiger partial charge < -0.3 is 15.6 Å². The molecule has 1 aromatic rings. The summed E-state index contributed by atoms with van der Waals surface area (Å²) >= 11 is 0. The van der Waals surface area contributed by atoms with Gasteiger partial charge in [0.25, 0.3) is 0 Å². The summed E-state index contributed by atoms with van der Waals surface area (Å²) in [6.07, 6.45) is 9.59. The molecular formula is C13H20N4O. The second-order valence-corrected chi connectivity index (χ2v) is 5.36. The Hall–Kier alpha value is -1.36. The first-order valence-electron chi connectivity index (χ1n) is 6.85. The molecule has 3 atom stereocenters. The van der Waals surface area contributed by atoms with Gasteiger partial charge >= 0.3 is 0 Å². The molecular weight excluding hydrogens is 228 g/mol. The number of aromatic amines is 1. The Balaban J connectivity index is 1.51. The maximum Gasteiger partial charge on any atom is 0.237 e. The zero-order chi connectivity index (χ0) is 12.4. The Kier molecular flexibility index (Phi) is 3.32. The van der Waals surface area contributed by atoms with Crippen LogP contribution in [-0.4, -0.2) is 28.0 Å². The van der Waals surface area contributed by atoms with Crippen LogP contribution < -0.4 is 10.6 Å². The van der Waals surface area contributed by atoms with E-state index in [0.717, 1.165) is 12.2 Å². The van der Waals surface area contributed by atoms with E-state index in [2.05, 4.69) is 20.6 Å². The number of carbonyl (C=O) groups excluding carboxylic acids is 1. The molecule has 18 heavy (non-hydrogen) atoms. The topological polar surface area (TPSA) is 69.8 Å². The maximum atomic E-state index is 12.1. The number of amides is 1. The SMILES string of the molecule is O=C(NCc1ncc[nH]1)C1CC2CCCCC2N1. The largest absolute Gasteiger partial charge is 0.348 e. The van der Waals surface area contributed by atoms with Crippen molar-refractivity contribution in [3.05, 3.63) is 18.2 Å². The molecule has 0 spiro atoms. The number of hydrogen-bond acceptors (Lipinski definition) is 3. The summed E-state index contributed by atoms with van der Waals surface area (Å²) in [5.74, 6) is 1.62. The zero-order valence-electron chi connectivity index (χ0n) is 10.5. The van der Waals surface area contributed by atoms with E-state index in [1.165, 1.54) is 25.7 Å². The molecule has 3 N–H and O–H groups in total. The minimum Gasteiger partial charge on any atom is -0.348 e. The van der Waals surface area contributed by atoms with Gasteiger partial charge in [-0.3, -0.25) is 4.79 Å². The molecule has 2 heterocycles. The number of imidazole rings is 1. The maximum absolute atomic E-state index is 12.1. The lowest BCUT2D eigenvalue weighted by Gasteiger charge is -2.24. The zero-order valence-corrected chi connectivity index (χ0v) is 10.5. The van der Waals surface area contributed by atoms with Crippen molar-refractivity contribution in [1.82, 2.24) is 20.6 Å². The summed E-state index contributed by atoms with van der Waals surface area (Å²) in [6.45, 7) is 0.485. The first-order chi connectivity index (χ1) is 8.83. The van der Waals surface area contributed by atoms with E-state index in [-0.39, 0.29) is 11.9 Å². The number of fused-ring (bicyclic) bond motifs is 1. The smallest absolute Gasteiger partial charge is 0.237 e. The third-order valence-electron chi connectivity index (χ3n) is 4.16. The van der Waals surface area contributed by atoms with Crippen LogP contribution in [0.25, 0.3) is 0 Å². The van der Waals surface area contributed by atoms with Crippen LogP contribution in [0, 0.1) is 5.92 Å². The van der Waals surface area contributed by atoms with Crippen LogP contribution in [0.1, 0.15) is 37.9 Å². The quantitative estimate of drug-likeness (QED) is 0.746. The minimum absolute atomic E-state index is 0.00642. The van der Waals surface area contributed by atoms with Crippen molar-refractivity contribution >= 4 is 5.91 Å².